The van der Waals surface area contributed by atoms with Crippen LogP contribution in [0.25, 0.3) is 0 Å². The molecule has 0 aromatic heterocycles. The van der Waals surface area contributed by atoms with Crippen LogP contribution in [0.1, 0.15) is 42.5 Å². The molecule has 3 rings (SSSR count). The number of nitrogens with zero attached hydrogens (tertiary/aromatic N) is 1. The Morgan fingerprint density at radius 2 is 1.45 bits per heavy atom. The van der Waals surface area contributed by atoms with Crippen molar-refractivity contribution < 1.29 is 5.11 Å². The number of aliphatic hydroxyl groups is 1. The summed E-state index contributed by atoms with van der Waals surface area (Å²) in [7, 11) is 0. The van der Waals surface area contributed by atoms with Crippen molar-refractivity contribution in [2.75, 3.05) is 13.1 Å². The van der Waals surface area contributed by atoms with Gasteiger partial charge in [0, 0.05) is 5.02 Å². The zero-order valence-corrected chi connectivity index (χ0v) is 13.4. The number of hydrogen-bond donors (Lipinski definition) is 1. The highest BCUT2D eigenvalue weighted by molar-refractivity contribution is 6.30. The quantitative estimate of drug-likeness (QED) is 0.891. The number of hydrogen-bond acceptors (Lipinski definition) is 2. The van der Waals surface area contributed by atoms with E-state index in [9.17, 15) is 5.11 Å². The number of piperidine rings is 1. The van der Waals surface area contributed by atoms with E-state index in [1.54, 1.807) is 0 Å². The van der Waals surface area contributed by atoms with Gasteiger partial charge in [-0.3, -0.25) is 4.90 Å². The molecule has 1 fully saturated rings. The van der Waals surface area contributed by atoms with E-state index >= 15 is 0 Å². The van der Waals surface area contributed by atoms with E-state index in [0.717, 1.165) is 18.7 Å². The monoisotopic (exact) mass is 315 g/mol. The number of rotatable bonds is 4. The maximum Gasteiger partial charge on any atom is 0.0986 e. The molecular weight excluding hydrogens is 294 g/mol. The van der Waals surface area contributed by atoms with E-state index in [1.165, 1.54) is 24.8 Å². The zero-order chi connectivity index (χ0) is 15.4. The van der Waals surface area contributed by atoms with Gasteiger partial charge in [-0.15, -0.1) is 0 Å². The lowest BCUT2D eigenvalue weighted by atomic mass is 9.93. The zero-order valence-electron chi connectivity index (χ0n) is 12.7. The van der Waals surface area contributed by atoms with Crippen LogP contribution < -0.4 is 0 Å². The fourth-order valence-corrected chi connectivity index (χ4v) is 3.41. The predicted octanol–water partition coefficient (Wildman–Crippen LogP) is 4.60. The van der Waals surface area contributed by atoms with Crippen LogP contribution in [0, 0.1) is 0 Å². The molecule has 0 amide bonds. The summed E-state index contributed by atoms with van der Waals surface area (Å²) in [6.07, 6.45) is 3.15. The van der Waals surface area contributed by atoms with Crippen LogP contribution in [0.4, 0.5) is 0 Å². The van der Waals surface area contributed by atoms with E-state index in [2.05, 4.69) is 17.0 Å². The summed E-state index contributed by atoms with van der Waals surface area (Å²) in [5.41, 5.74) is 2.09. The van der Waals surface area contributed by atoms with Crippen LogP contribution in [-0.2, 0) is 0 Å². The summed E-state index contributed by atoms with van der Waals surface area (Å²) in [5, 5.41) is 11.7. The lowest BCUT2D eigenvalue weighted by molar-refractivity contribution is 0.0362. The maximum atomic E-state index is 11.0. The first kappa shape index (κ1) is 15.5. The van der Waals surface area contributed by atoms with Crippen molar-refractivity contribution in [3.8, 4) is 0 Å². The molecule has 2 aromatic carbocycles. The molecule has 3 heteroatoms. The molecule has 0 unspecified atom stereocenters. The summed E-state index contributed by atoms with van der Waals surface area (Å²) in [6, 6.07) is 17.9. The summed E-state index contributed by atoms with van der Waals surface area (Å²) in [4.78, 5) is 2.41. The lowest BCUT2D eigenvalue weighted by Gasteiger charge is -2.37. The van der Waals surface area contributed by atoms with Crippen molar-refractivity contribution in [2.24, 2.45) is 0 Å². The highest BCUT2D eigenvalue weighted by Crippen LogP contribution is 2.36. The molecule has 2 atom stereocenters. The second kappa shape index (κ2) is 7.28. The third-order valence-corrected chi connectivity index (χ3v) is 4.69. The minimum Gasteiger partial charge on any atom is -0.386 e. The Morgan fingerprint density at radius 1 is 0.818 bits per heavy atom. The Labute approximate surface area is 137 Å². The molecule has 0 saturated carbocycles. The number of benzene rings is 2. The molecule has 116 valence electrons. The van der Waals surface area contributed by atoms with Crippen molar-refractivity contribution in [3.63, 3.8) is 0 Å². The molecule has 1 saturated heterocycles. The Balaban J connectivity index is 1.91. The lowest BCUT2D eigenvalue weighted by Crippen LogP contribution is -2.37. The molecular formula is C19H22ClNO. The second-order valence-electron chi connectivity index (χ2n) is 5.95. The van der Waals surface area contributed by atoms with Crippen molar-refractivity contribution in [2.45, 2.75) is 31.4 Å². The van der Waals surface area contributed by atoms with Gasteiger partial charge in [0.2, 0.25) is 0 Å². The van der Waals surface area contributed by atoms with Crippen LogP contribution in [0.5, 0.6) is 0 Å². The van der Waals surface area contributed by atoms with Gasteiger partial charge in [-0.25, -0.2) is 0 Å². The van der Waals surface area contributed by atoms with Gasteiger partial charge in [0.1, 0.15) is 0 Å². The second-order valence-corrected chi connectivity index (χ2v) is 6.38. The van der Waals surface area contributed by atoms with Gasteiger partial charge in [-0.1, -0.05) is 60.5 Å². The van der Waals surface area contributed by atoms with Gasteiger partial charge in [0.15, 0.2) is 0 Å². The minimum absolute atomic E-state index is 0.00248. The van der Waals surface area contributed by atoms with Crippen LogP contribution in [0.15, 0.2) is 54.6 Å². The first-order valence-corrected chi connectivity index (χ1v) is 8.36. The van der Waals surface area contributed by atoms with E-state index < -0.39 is 6.10 Å². The van der Waals surface area contributed by atoms with Gasteiger partial charge in [-0.2, -0.15) is 0 Å². The molecule has 22 heavy (non-hydrogen) atoms. The minimum atomic E-state index is -0.544. The third-order valence-electron chi connectivity index (χ3n) is 4.44. The van der Waals surface area contributed by atoms with Crippen molar-refractivity contribution in [3.05, 3.63) is 70.7 Å². The molecule has 2 aromatic rings. The number of halogens is 1. The number of aliphatic hydroxyl groups excluding tert-OH is 1. The SMILES string of the molecule is O[C@H](c1ccc(Cl)cc1)[C@H](c1ccccc1)N1CCCCC1. The fraction of sp³-hybridized carbons (Fsp3) is 0.368. The molecule has 0 aliphatic carbocycles. The molecule has 1 aliphatic rings. The predicted molar refractivity (Wildman–Crippen MR) is 91.0 cm³/mol. The Bertz CT molecular complexity index is 578. The largest absolute Gasteiger partial charge is 0.386 e. The molecule has 2 nitrogen and oxygen atoms in total. The smallest absolute Gasteiger partial charge is 0.0986 e. The highest BCUT2D eigenvalue weighted by atomic mass is 35.5. The normalized spacial score (nSPS) is 18.8. The maximum absolute atomic E-state index is 11.0. The van der Waals surface area contributed by atoms with Gasteiger partial charge >= 0.3 is 0 Å². The summed E-state index contributed by atoms with van der Waals surface area (Å²) >= 11 is 5.97. The van der Waals surface area contributed by atoms with E-state index in [1.807, 2.05) is 42.5 Å². The van der Waals surface area contributed by atoms with Gasteiger partial charge in [-0.05, 0) is 49.2 Å². The topological polar surface area (TPSA) is 23.5 Å². The molecule has 0 spiro atoms. The molecule has 1 N–H and O–H groups in total. The molecule has 1 aliphatic heterocycles. The Hall–Kier alpha value is -1.35. The standard InChI is InChI=1S/C19H22ClNO/c20-17-11-9-16(10-12-17)19(22)18(15-7-3-1-4-8-15)21-13-5-2-6-14-21/h1,3-4,7-12,18-19,22H,2,5-6,13-14H2/t18-,19+/m0/s1. The Morgan fingerprint density at radius 3 is 2.09 bits per heavy atom. The summed E-state index contributed by atoms with van der Waals surface area (Å²) in [5.74, 6) is 0. The van der Waals surface area contributed by atoms with Crippen LogP contribution >= 0.6 is 11.6 Å². The van der Waals surface area contributed by atoms with E-state index in [0.29, 0.717) is 5.02 Å². The van der Waals surface area contributed by atoms with Crippen molar-refractivity contribution in [1.82, 2.24) is 4.90 Å². The van der Waals surface area contributed by atoms with Gasteiger partial charge in [0.05, 0.1) is 12.1 Å². The van der Waals surface area contributed by atoms with Gasteiger partial charge in [0.25, 0.3) is 0 Å². The average molecular weight is 316 g/mol. The highest BCUT2D eigenvalue weighted by Gasteiger charge is 2.29. The van der Waals surface area contributed by atoms with Crippen LogP contribution in [0.2, 0.25) is 5.02 Å². The molecule has 0 bridgehead atoms. The number of likely N-dealkylation sites (tertiary alicyclic amines) is 1. The van der Waals surface area contributed by atoms with Crippen LogP contribution in [-0.4, -0.2) is 23.1 Å². The van der Waals surface area contributed by atoms with Crippen molar-refractivity contribution in [1.29, 1.82) is 0 Å². The van der Waals surface area contributed by atoms with E-state index in [-0.39, 0.29) is 6.04 Å². The summed E-state index contributed by atoms with van der Waals surface area (Å²) in [6.45, 7) is 2.09. The third kappa shape index (κ3) is 3.52. The van der Waals surface area contributed by atoms with Crippen molar-refractivity contribution >= 4 is 11.6 Å². The molecule has 1 heterocycles. The average Bonchev–Trinajstić information content (AvgIpc) is 2.57. The van der Waals surface area contributed by atoms with Crippen LogP contribution in [0.3, 0.4) is 0 Å². The summed E-state index contributed by atoms with van der Waals surface area (Å²) < 4.78 is 0. The first-order chi connectivity index (χ1) is 10.8. The van der Waals surface area contributed by atoms with E-state index in [4.69, 9.17) is 11.6 Å². The Kier molecular flexibility index (Phi) is 5.14. The first-order valence-electron chi connectivity index (χ1n) is 7.98. The fourth-order valence-electron chi connectivity index (χ4n) is 3.28. The van der Waals surface area contributed by atoms with Gasteiger partial charge < -0.3 is 5.11 Å². The molecule has 0 radical (unpaired) electrons.